The second-order valence-corrected chi connectivity index (χ2v) is 1.97. The molecule has 2 atom stereocenters. The van der Waals surface area contributed by atoms with Crippen LogP contribution in [0.15, 0.2) is 29.9 Å². The molecule has 1 heterocycles. The van der Waals surface area contributed by atoms with Gasteiger partial charge in [-0.1, -0.05) is 12.2 Å². The summed E-state index contributed by atoms with van der Waals surface area (Å²) < 4.78 is 0. The molecule has 9 heavy (non-hydrogen) atoms. The van der Waals surface area contributed by atoms with Crippen molar-refractivity contribution >= 4 is 6.72 Å². The van der Waals surface area contributed by atoms with Crippen LogP contribution in [0.2, 0.25) is 0 Å². The number of hydrogen-bond donors (Lipinski definition) is 1. The van der Waals surface area contributed by atoms with Gasteiger partial charge in [0, 0.05) is 5.92 Å². The first-order valence-electron chi connectivity index (χ1n) is 2.89. The van der Waals surface area contributed by atoms with Crippen molar-refractivity contribution in [3.8, 4) is 0 Å². The zero-order valence-electron chi connectivity index (χ0n) is 5.25. The largest absolute Gasteiger partial charge is 0.369 e. The predicted octanol–water partition coefficient (Wildman–Crippen LogP) is 0.932. The maximum atomic E-state index is 3.84. The molecule has 0 fully saturated rings. The quantitative estimate of drug-likeness (QED) is 0.427. The molecule has 1 aliphatic heterocycles. The predicted molar refractivity (Wildman–Crippen MR) is 39.3 cm³/mol. The third kappa shape index (κ3) is 1.02. The Bertz CT molecular complexity index is 149. The van der Waals surface area contributed by atoms with E-state index in [1.807, 2.05) is 18.4 Å². The van der Waals surface area contributed by atoms with Crippen LogP contribution in [0.4, 0.5) is 0 Å². The monoisotopic (exact) mass is 122 g/mol. The Labute approximate surface area is 55.0 Å². The van der Waals surface area contributed by atoms with Crippen molar-refractivity contribution in [3.63, 3.8) is 0 Å². The van der Waals surface area contributed by atoms with Gasteiger partial charge in [0.05, 0.1) is 0 Å². The average Bonchev–Trinajstić information content (AvgIpc) is 2.33. The molecule has 1 aliphatic rings. The Morgan fingerprint density at radius 3 is 2.89 bits per heavy atom. The Kier molecular flexibility index (Phi) is 1.68. The summed E-state index contributed by atoms with van der Waals surface area (Å²) in [7, 11) is 0. The van der Waals surface area contributed by atoms with Crippen molar-refractivity contribution in [2.75, 3.05) is 0 Å². The molecule has 48 valence electrons. The summed E-state index contributed by atoms with van der Waals surface area (Å²) in [6.07, 6.45) is 5.87. The van der Waals surface area contributed by atoms with Gasteiger partial charge in [0.25, 0.3) is 0 Å². The molecule has 1 N–H and O–H groups in total. The van der Waals surface area contributed by atoms with Gasteiger partial charge in [-0.3, -0.25) is 4.99 Å². The van der Waals surface area contributed by atoms with Crippen molar-refractivity contribution in [1.82, 2.24) is 5.32 Å². The van der Waals surface area contributed by atoms with Crippen molar-refractivity contribution in [3.05, 3.63) is 24.9 Å². The van der Waals surface area contributed by atoms with Crippen molar-refractivity contribution in [2.45, 2.75) is 6.17 Å². The van der Waals surface area contributed by atoms with Crippen LogP contribution in [0.25, 0.3) is 0 Å². The lowest BCUT2D eigenvalue weighted by Gasteiger charge is -2.09. The molecule has 2 nitrogen and oxygen atoms in total. The summed E-state index contributed by atoms with van der Waals surface area (Å²) >= 11 is 0. The van der Waals surface area contributed by atoms with Crippen LogP contribution >= 0.6 is 0 Å². The maximum Gasteiger partial charge on any atom is 0.127 e. The van der Waals surface area contributed by atoms with Gasteiger partial charge >= 0.3 is 0 Å². The Hall–Kier alpha value is -1.05. The van der Waals surface area contributed by atoms with E-state index >= 15 is 0 Å². The second-order valence-electron chi connectivity index (χ2n) is 1.97. The molecule has 2 unspecified atom stereocenters. The van der Waals surface area contributed by atoms with Crippen molar-refractivity contribution in [1.29, 1.82) is 0 Å². The van der Waals surface area contributed by atoms with E-state index in [0.29, 0.717) is 5.92 Å². The summed E-state index contributed by atoms with van der Waals surface area (Å²) in [6, 6.07) is 0. The van der Waals surface area contributed by atoms with Crippen LogP contribution in [0, 0.1) is 5.92 Å². The molecule has 0 radical (unpaired) electrons. The summed E-state index contributed by atoms with van der Waals surface area (Å²) in [5.41, 5.74) is 0. The number of hydrogen-bond acceptors (Lipinski definition) is 2. The Morgan fingerprint density at radius 2 is 2.44 bits per heavy atom. The first-order chi connectivity index (χ1) is 4.38. The highest BCUT2D eigenvalue weighted by atomic mass is 15.1. The number of nitrogens with one attached hydrogen (secondary N) is 1. The van der Waals surface area contributed by atoms with Crippen molar-refractivity contribution in [2.24, 2.45) is 10.9 Å². The van der Waals surface area contributed by atoms with E-state index in [1.54, 1.807) is 0 Å². The summed E-state index contributed by atoms with van der Waals surface area (Å²) in [5.74, 6) is 0.322. The van der Waals surface area contributed by atoms with E-state index in [1.165, 1.54) is 0 Å². The second kappa shape index (κ2) is 2.49. The van der Waals surface area contributed by atoms with Gasteiger partial charge in [0.2, 0.25) is 0 Å². The zero-order chi connectivity index (χ0) is 6.69. The number of nitrogens with zero attached hydrogens (tertiary/aromatic N) is 1. The van der Waals surface area contributed by atoms with Crippen LogP contribution in [0.5, 0.6) is 0 Å². The molecular weight excluding hydrogens is 112 g/mol. The topological polar surface area (TPSA) is 24.4 Å². The van der Waals surface area contributed by atoms with Gasteiger partial charge < -0.3 is 5.32 Å². The first-order valence-corrected chi connectivity index (χ1v) is 2.89. The van der Waals surface area contributed by atoms with Gasteiger partial charge in [-0.05, 0) is 12.9 Å². The molecule has 0 aliphatic carbocycles. The fourth-order valence-electron chi connectivity index (χ4n) is 0.864. The summed E-state index contributed by atoms with van der Waals surface area (Å²) in [4.78, 5) is 3.84. The smallest absolute Gasteiger partial charge is 0.127 e. The van der Waals surface area contributed by atoms with Crippen LogP contribution in [-0.4, -0.2) is 12.9 Å². The number of rotatable bonds is 2. The third-order valence-corrected chi connectivity index (χ3v) is 1.42. The lowest BCUT2D eigenvalue weighted by Crippen LogP contribution is -2.22. The van der Waals surface area contributed by atoms with E-state index in [2.05, 4.69) is 23.6 Å². The van der Waals surface area contributed by atoms with Crippen LogP contribution in [0.1, 0.15) is 0 Å². The minimum absolute atomic E-state index is 0.113. The molecular formula is C7H10N2. The van der Waals surface area contributed by atoms with E-state index in [9.17, 15) is 0 Å². The summed E-state index contributed by atoms with van der Waals surface area (Å²) in [6.45, 7) is 7.10. The van der Waals surface area contributed by atoms with E-state index in [4.69, 9.17) is 0 Å². The minimum Gasteiger partial charge on any atom is -0.369 e. The highest BCUT2D eigenvalue weighted by molar-refractivity contribution is 5.26. The first kappa shape index (κ1) is 6.08. The van der Waals surface area contributed by atoms with E-state index in [-0.39, 0.29) is 6.17 Å². The molecule has 0 aromatic rings. The van der Waals surface area contributed by atoms with E-state index in [0.717, 1.165) is 0 Å². The van der Waals surface area contributed by atoms with Gasteiger partial charge in [-0.25, -0.2) is 0 Å². The highest BCUT2D eigenvalue weighted by Crippen LogP contribution is 2.12. The third-order valence-electron chi connectivity index (χ3n) is 1.42. The molecule has 0 saturated heterocycles. The average molecular weight is 122 g/mol. The minimum atomic E-state index is 0.113. The molecule has 0 aromatic carbocycles. The Morgan fingerprint density at radius 1 is 1.67 bits per heavy atom. The fraction of sp³-hybridized carbons (Fsp3) is 0.286. The molecule has 0 spiro atoms. The van der Waals surface area contributed by atoms with Gasteiger partial charge in [-0.2, -0.15) is 0 Å². The lowest BCUT2D eigenvalue weighted by atomic mass is 10.1. The summed E-state index contributed by atoms with van der Waals surface area (Å²) in [5, 5.41) is 3.03. The van der Waals surface area contributed by atoms with Crippen molar-refractivity contribution < 1.29 is 0 Å². The van der Waals surface area contributed by atoms with Crippen LogP contribution in [0.3, 0.4) is 0 Å². The molecule has 1 rings (SSSR count). The van der Waals surface area contributed by atoms with Gasteiger partial charge in [-0.15, -0.1) is 6.58 Å². The normalized spacial score (nSPS) is 31.6. The highest BCUT2D eigenvalue weighted by Gasteiger charge is 2.15. The lowest BCUT2D eigenvalue weighted by molar-refractivity contribution is 0.579. The Balaban J connectivity index is 2.58. The van der Waals surface area contributed by atoms with E-state index < -0.39 is 0 Å². The molecule has 0 amide bonds. The molecule has 2 heteroatoms. The number of aliphatic imine (C=N–C) groups is 1. The van der Waals surface area contributed by atoms with Crippen LogP contribution < -0.4 is 5.32 Å². The maximum absolute atomic E-state index is 3.84. The standard InChI is InChI=1S/C7H10N2/c1-3-6-4-5-9-7(6)8-2/h3-7,9H,1-2H2. The SMILES string of the molecule is C=CC1C=CNC1N=C. The molecule has 0 bridgehead atoms. The van der Waals surface area contributed by atoms with Crippen LogP contribution in [-0.2, 0) is 0 Å². The van der Waals surface area contributed by atoms with Gasteiger partial charge in [0.1, 0.15) is 6.17 Å². The zero-order valence-corrected chi connectivity index (χ0v) is 5.25. The van der Waals surface area contributed by atoms with Gasteiger partial charge in [0.15, 0.2) is 0 Å². The molecule has 0 aromatic heterocycles. The fourth-order valence-corrected chi connectivity index (χ4v) is 0.864. The molecule has 0 saturated carbocycles.